The molecule has 1 saturated carbocycles. The van der Waals surface area contributed by atoms with Gasteiger partial charge in [-0.2, -0.15) is 0 Å². The second-order valence-electron chi connectivity index (χ2n) is 9.56. The molecule has 0 unspecified atom stereocenters. The lowest BCUT2D eigenvalue weighted by atomic mass is 9.62. The van der Waals surface area contributed by atoms with Gasteiger partial charge in [-0.25, -0.2) is 8.78 Å². The first-order valence-corrected chi connectivity index (χ1v) is 13.2. The van der Waals surface area contributed by atoms with Crippen LogP contribution < -0.4 is 4.80 Å². The molecule has 4 aromatic carbocycles. The molecule has 1 fully saturated rings. The van der Waals surface area contributed by atoms with Gasteiger partial charge in [-0.05, 0) is 64.6 Å². The maximum atomic E-state index is 13.6. The van der Waals surface area contributed by atoms with Gasteiger partial charge in [0.1, 0.15) is 11.6 Å². The minimum absolute atomic E-state index is 0.0653. The van der Waals surface area contributed by atoms with Gasteiger partial charge in [-0.3, -0.25) is 4.99 Å². The van der Waals surface area contributed by atoms with E-state index < -0.39 is 0 Å². The molecule has 1 aliphatic carbocycles. The zero-order valence-corrected chi connectivity index (χ0v) is 20.6. The SMILES string of the molecule is Fc1ccc(CN=c2scc(C3(c4ccc5ccccc5c4)CCC3)n2Cc2ccc(F)cc2)cc1. The molecule has 1 aromatic heterocycles. The zero-order valence-electron chi connectivity index (χ0n) is 19.8. The fourth-order valence-electron chi connectivity index (χ4n) is 5.22. The normalized spacial score (nSPS) is 15.2. The average molecular weight is 497 g/mol. The summed E-state index contributed by atoms with van der Waals surface area (Å²) in [6.45, 7) is 1.10. The highest BCUT2D eigenvalue weighted by molar-refractivity contribution is 7.07. The molecule has 6 rings (SSSR count). The number of hydrogen-bond acceptors (Lipinski definition) is 2. The quantitative estimate of drug-likeness (QED) is 0.230. The molecule has 0 spiro atoms. The van der Waals surface area contributed by atoms with Crippen molar-refractivity contribution in [3.05, 3.63) is 135 Å². The number of fused-ring (bicyclic) bond motifs is 1. The van der Waals surface area contributed by atoms with E-state index in [0.29, 0.717) is 13.1 Å². The van der Waals surface area contributed by atoms with Gasteiger partial charge >= 0.3 is 0 Å². The molecule has 0 atom stereocenters. The van der Waals surface area contributed by atoms with Crippen LogP contribution in [0.5, 0.6) is 0 Å². The van der Waals surface area contributed by atoms with Gasteiger partial charge in [0.15, 0.2) is 4.80 Å². The molecular weight excluding hydrogens is 470 g/mol. The molecule has 0 N–H and O–H groups in total. The summed E-state index contributed by atoms with van der Waals surface area (Å²) in [6, 6.07) is 28.5. The Bertz CT molecular complexity index is 1580. The van der Waals surface area contributed by atoms with E-state index in [2.05, 4.69) is 52.4 Å². The second-order valence-corrected chi connectivity index (χ2v) is 10.4. The van der Waals surface area contributed by atoms with Crippen molar-refractivity contribution < 1.29 is 8.78 Å². The maximum Gasteiger partial charge on any atom is 0.185 e. The molecule has 36 heavy (non-hydrogen) atoms. The lowest BCUT2D eigenvalue weighted by molar-refractivity contribution is 0.284. The first kappa shape index (κ1) is 22.9. The van der Waals surface area contributed by atoms with E-state index in [1.165, 1.54) is 52.7 Å². The fraction of sp³-hybridized carbons (Fsp3) is 0.194. The minimum atomic E-state index is -0.245. The Morgan fingerprint density at radius 1 is 0.778 bits per heavy atom. The molecule has 180 valence electrons. The molecule has 0 bridgehead atoms. The average Bonchev–Trinajstić information content (AvgIpc) is 3.26. The van der Waals surface area contributed by atoms with Crippen molar-refractivity contribution in [2.45, 2.75) is 37.8 Å². The maximum absolute atomic E-state index is 13.6. The van der Waals surface area contributed by atoms with Crippen molar-refractivity contribution >= 4 is 22.1 Å². The summed E-state index contributed by atoms with van der Waals surface area (Å²) in [4.78, 5) is 5.86. The minimum Gasteiger partial charge on any atom is -0.316 e. The first-order valence-electron chi connectivity index (χ1n) is 12.3. The smallest absolute Gasteiger partial charge is 0.185 e. The molecular formula is C31H26F2N2S. The molecule has 0 aliphatic heterocycles. The second kappa shape index (κ2) is 9.47. The summed E-state index contributed by atoms with van der Waals surface area (Å²) in [5.74, 6) is -0.479. The van der Waals surface area contributed by atoms with Crippen LogP contribution in [0.2, 0.25) is 0 Å². The Morgan fingerprint density at radius 2 is 1.44 bits per heavy atom. The van der Waals surface area contributed by atoms with Crippen LogP contribution in [0.1, 0.15) is 41.6 Å². The lowest BCUT2D eigenvalue weighted by Gasteiger charge is -2.43. The number of thiazole rings is 1. The van der Waals surface area contributed by atoms with Gasteiger partial charge in [0.2, 0.25) is 0 Å². The fourth-order valence-corrected chi connectivity index (χ4v) is 6.22. The predicted octanol–water partition coefficient (Wildman–Crippen LogP) is 7.60. The van der Waals surface area contributed by atoms with Gasteiger partial charge < -0.3 is 4.57 Å². The molecule has 0 amide bonds. The first-order chi connectivity index (χ1) is 17.6. The van der Waals surface area contributed by atoms with E-state index in [4.69, 9.17) is 4.99 Å². The molecule has 0 saturated heterocycles. The Hall–Kier alpha value is -3.57. The third-order valence-electron chi connectivity index (χ3n) is 7.36. The predicted molar refractivity (Wildman–Crippen MR) is 142 cm³/mol. The van der Waals surface area contributed by atoms with Crippen LogP contribution in [-0.4, -0.2) is 4.57 Å². The van der Waals surface area contributed by atoms with Crippen LogP contribution in [-0.2, 0) is 18.5 Å². The van der Waals surface area contributed by atoms with Gasteiger partial charge in [0, 0.05) is 16.5 Å². The number of hydrogen-bond donors (Lipinski definition) is 0. The molecule has 2 nitrogen and oxygen atoms in total. The van der Waals surface area contributed by atoms with Crippen LogP contribution in [0.25, 0.3) is 10.8 Å². The Morgan fingerprint density at radius 3 is 2.11 bits per heavy atom. The lowest BCUT2D eigenvalue weighted by Crippen LogP contribution is -2.39. The summed E-state index contributed by atoms with van der Waals surface area (Å²) in [6.07, 6.45) is 3.35. The van der Waals surface area contributed by atoms with E-state index in [1.807, 2.05) is 12.1 Å². The van der Waals surface area contributed by atoms with Crippen molar-refractivity contribution in [3.8, 4) is 0 Å². The van der Waals surface area contributed by atoms with Crippen molar-refractivity contribution in [2.75, 3.05) is 0 Å². The Kier molecular flexibility index (Phi) is 6.02. The number of nitrogens with zero attached hydrogens (tertiary/aromatic N) is 2. The summed E-state index contributed by atoms with van der Waals surface area (Å²) in [5, 5.41) is 4.75. The van der Waals surface area contributed by atoms with Gasteiger partial charge in [-0.15, -0.1) is 11.3 Å². The summed E-state index contributed by atoms with van der Waals surface area (Å²) in [7, 11) is 0. The number of aromatic nitrogens is 1. The molecule has 5 heteroatoms. The highest BCUT2D eigenvalue weighted by Gasteiger charge is 2.43. The largest absolute Gasteiger partial charge is 0.316 e. The van der Waals surface area contributed by atoms with E-state index in [9.17, 15) is 8.78 Å². The van der Waals surface area contributed by atoms with E-state index in [-0.39, 0.29) is 17.0 Å². The van der Waals surface area contributed by atoms with Crippen molar-refractivity contribution in [1.29, 1.82) is 0 Å². The van der Waals surface area contributed by atoms with E-state index in [1.54, 1.807) is 23.5 Å². The van der Waals surface area contributed by atoms with Crippen molar-refractivity contribution in [1.82, 2.24) is 4.57 Å². The third kappa shape index (κ3) is 4.28. The van der Waals surface area contributed by atoms with Crippen molar-refractivity contribution in [2.24, 2.45) is 4.99 Å². The molecule has 1 aliphatic rings. The van der Waals surface area contributed by atoms with Crippen molar-refractivity contribution in [3.63, 3.8) is 0 Å². The van der Waals surface area contributed by atoms with E-state index in [0.717, 1.165) is 28.8 Å². The highest BCUT2D eigenvalue weighted by Crippen LogP contribution is 2.49. The number of benzene rings is 4. The monoisotopic (exact) mass is 496 g/mol. The zero-order chi connectivity index (χ0) is 24.5. The van der Waals surface area contributed by atoms with E-state index >= 15 is 0 Å². The van der Waals surface area contributed by atoms with Crippen LogP contribution in [0.15, 0.2) is 101 Å². The number of halogens is 2. The van der Waals surface area contributed by atoms with Crippen LogP contribution >= 0.6 is 11.3 Å². The van der Waals surface area contributed by atoms with Crippen LogP contribution in [0, 0.1) is 11.6 Å². The molecule has 5 aromatic rings. The Balaban J connectivity index is 1.45. The highest BCUT2D eigenvalue weighted by atomic mass is 32.1. The third-order valence-corrected chi connectivity index (χ3v) is 8.26. The van der Waals surface area contributed by atoms with Gasteiger partial charge in [-0.1, -0.05) is 73.2 Å². The van der Waals surface area contributed by atoms with Gasteiger partial charge in [0.25, 0.3) is 0 Å². The molecule has 0 radical (unpaired) electrons. The topological polar surface area (TPSA) is 17.3 Å². The van der Waals surface area contributed by atoms with Crippen LogP contribution in [0.3, 0.4) is 0 Å². The number of rotatable bonds is 6. The van der Waals surface area contributed by atoms with Crippen LogP contribution in [0.4, 0.5) is 8.78 Å². The van der Waals surface area contributed by atoms with Gasteiger partial charge in [0.05, 0.1) is 13.1 Å². The standard InChI is InChI=1S/C31H26F2N2S/c32-27-12-6-22(7-13-27)19-34-30-35(20-23-8-14-28(33)15-9-23)29(21-36-30)31(16-3-17-31)26-11-10-24-4-1-2-5-25(24)18-26/h1-2,4-15,18,21H,3,16-17,19-20H2. The summed E-state index contributed by atoms with van der Waals surface area (Å²) >= 11 is 1.64. The molecule has 1 heterocycles. The Labute approximate surface area is 213 Å². The summed E-state index contributed by atoms with van der Waals surface area (Å²) in [5.41, 5.74) is 4.53. The summed E-state index contributed by atoms with van der Waals surface area (Å²) < 4.78 is 29.3.